The Hall–Kier alpha value is -0.870. The van der Waals surface area contributed by atoms with Gasteiger partial charge in [-0.05, 0) is 48.0 Å². The summed E-state index contributed by atoms with van der Waals surface area (Å²) in [7, 11) is 3.28. The van der Waals surface area contributed by atoms with Gasteiger partial charge in [0.05, 0.1) is 6.10 Å². The van der Waals surface area contributed by atoms with E-state index in [1.165, 1.54) is 16.7 Å². The number of amidine groups is 1. The van der Waals surface area contributed by atoms with Crippen molar-refractivity contribution in [1.82, 2.24) is 4.90 Å². The van der Waals surface area contributed by atoms with Crippen molar-refractivity contribution in [2.75, 3.05) is 14.2 Å². The van der Waals surface area contributed by atoms with Crippen molar-refractivity contribution in [3.63, 3.8) is 0 Å². The van der Waals surface area contributed by atoms with Crippen LogP contribution >= 0.6 is 11.8 Å². The van der Waals surface area contributed by atoms with E-state index < -0.39 is 23.1 Å². The molecule has 9 heteroatoms. The summed E-state index contributed by atoms with van der Waals surface area (Å²) >= 11 is 1.42. The molecule has 0 bridgehead atoms. The largest absolute Gasteiger partial charge is 0.443 e. The van der Waals surface area contributed by atoms with Gasteiger partial charge in [-0.3, -0.25) is 9.89 Å². The molecule has 0 aromatic carbocycles. The Kier molecular flexibility index (Phi) is 6.04. The maximum atomic E-state index is 12.5. The van der Waals surface area contributed by atoms with Gasteiger partial charge in [0, 0.05) is 14.2 Å². The van der Waals surface area contributed by atoms with Gasteiger partial charge in [0.15, 0.2) is 11.0 Å². The highest BCUT2D eigenvalue weighted by Gasteiger charge is 2.61. The summed E-state index contributed by atoms with van der Waals surface area (Å²) in [5.74, 6) is -0.922. The van der Waals surface area contributed by atoms with Gasteiger partial charge in [0.2, 0.25) is 0 Å². The number of carbonyl (C=O) groups is 1. The number of fused-ring (bicyclic) bond motifs is 3. The molecular formula is C20H34N2O6S. The smallest absolute Gasteiger partial charge is 0.416 e. The molecule has 29 heavy (non-hydrogen) atoms. The predicted molar refractivity (Wildman–Crippen MR) is 111 cm³/mol. The third-order valence-electron chi connectivity index (χ3n) is 5.73. The quantitative estimate of drug-likeness (QED) is 0.664. The average Bonchev–Trinajstić information content (AvgIpc) is 3.04. The van der Waals surface area contributed by atoms with Gasteiger partial charge < -0.3 is 23.7 Å². The van der Waals surface area contributed by atoms with Crippen molar-refractivity contribution in [3.8, 4) is 0 Å². The van der Waals surface area contributed by atoms with E-state index in [-0.39, 0.29) is 29.8 Å². The van der Waals surface area contributed by atoms with Crippen molar-refractivity contribution in [3.05, 3.63) is 0 Å². The molecule has 0 radical (unpaired) electrons. The zero-order valence-corrected chi connectivity index (χ0v) is 19.7. The van der Waals surface area contributed by atoms with Gasteiger partial charge in [-0.15, -0.1) is 0 Å². The van der Waals surface area contributed by atoms with Crippen LogP contribution in [0.3, 0.4) is 0 Å². The molecule has 2 saturated heterocycles. The fraction of sp³-hybridized carbons (Fsp3) is 0.900. The van der Waals surface area contributed by atoms with Gasteiger partial charge in [-0.2, -0.15) is 0 Å². The summed E-state index contributed by atoms with van der Waals surface area (Å²) in [6.45, 7) is 13.4. The van der Waals surface area contributed by atoms with Crippen LogP contribution in [0.5, 0.6) is 0 Å². The highest BCUT2D eigenvalue weighted by Crippen LogP contribution is 2.47. The first-order chi connectivity index (χ1) is 13.3. The maximum Gasteiger partial charge on any atom is 0.416 e. The van der Waals surface area contributed by atoms with Crippen LogP contribution in [0.4, 0.5) is 4.79 Å². The number of amides is 1. The maximum absolute atomic E-state index is 12.5. The highest BCUT2D eigenvalue weighted by molar-refractivity contribution is 8.14. The molecule has 0 aliphatic carbocycles. The molecule has 0 saturated carbocycles. The van der Waals surface area contributed by atoms with Crippen molar-refractivity contribution in [1.29, 1.82) is 0 Å². The van der Waals surface area contributed by atoms with Crippen LogP contribution in [0, 0.1) is 0 Å². The number of methoxy groups -OCH3 is 1. The molecule has 3 aliphatic rings. The summed E-state index contributed by atoms with van der Waals surface area (Å²) in [6.07, 6.45) is -0.403. The van der Waals surface area contributed by atoms with Crippen LogP contribution in [0.2, 0.25) is 0 Å². The molecule has 3 rings (SSSR count). The topological polar surface area (TPSA) is 78.8 Å². The van der Waals surface area contributed by atoms with Crippen LogP contribution in [0.1, 0.15) is 54.9 Å². The summed E-state index contributed by atoms with van der Waals surface area (Å²) in [4.78, 5) is 18.7. The molecule has 3 aliphatic heterocycles. The van der Waals surface area contributed by atoms with Crippen LogP contribution in [-0.2, 0) is 23.7 Å². The van der Waals surface area contributed by atoms with E-state index in [4.69, 9.17) is 28.7 Å². The number of hydrogen-bond acceptors (Lipinski definition) is 8. The lowest BCUT2D eigenvalue weighted by atomic mass is 9.89. The number of hydrogen-bond donors (Lipinski definition) is 0. The Bertz CT molecular complexity index is 678. The first-order valence-electron chi connectivity index (χ1n) is 10.1. The van der Waals surface area contributed by atoms with Crippen molar-refractivity contribution < 1.29 is 28.5 Å². The van der Waals surface area contributed by atoms with Crippen molar-refractivity contribution >= 4 is 23.0 Å². The van der Waals surface area contributed by atoms with E-state index in [0.29, 0.717) is 5.17 Å². The molecule has 0 unspecified atom stereocenters. The molecule has 6 atom stereocenters. The minimum Gasteiger partial charge on any atom is -0.443 e. The second-order valence-electron chi connectivity index (χ2n) is 9.34. The first kappa shape index (κ1) is 22.8. The number of ether oxygens (including phenoxy) is 5. The van der Waals surface area contributed by atoms with Crippen molar-refractivity contribution in [2.24, 2.45) is 4.99 Å². The van der Waals surface area contributed by atoms with Gasteiger partial charge in [-0.1, -0.05) is 18.7 Å². The van der Waals surface area contributed by atoms with Gasteiger partial charge >= 0.3 is 6.09 Å². The van der Waals surface area contributed by atoms with Gasteiger partial charge in [0.25, 0.3) is 0 Å². The molecule has 0 aromatic heterocycles. The van der Waals surface area contributed by atoms with E-state index >= 15 is 0 Å². The fourth-order valence-electron chi connectivity index (χ4n) is 3.71. The number of thioether (sulfide) groups is 1. The predicted octanol–water partition coefficient (Wildman–Crippen LogP) is 3.38. The first-order valence-corrected chi connectivity index (χ1v) is 11.0. The lowest BCUT2D eigenvalue weighted by Crippen LogP contribution is -2.70. The van der Waals surface area contributed by atoms with Crippen LogP contribution in [0.15, 0.2) is 4.99 Å². The lowest BCUT2D eigenvalue weighted by Gasteiger charge is -2.56. The van der Waals surface area contributed by atoms with Crippen molar-refractivity contribution in [2.45, 2.75) is 102 Å². The number of aliphatic imine (C=N–C) groups is 1. The zero-order chi connectivity index (χ0) is 21.8. The summed E-state index contributed by atoms with van der Waals surface area (Å²) in [5.41, 5.74) is -1.49. The molecule has 2 fully saturated rings. The minimum atomic E-state index is -0.922. The number of rotatable bonds is 2. The molecule has 3 heterocycles. The fourth-order valence-corrected chi connectivity index (χ4v) is 4.89. The average molecular weight is 431 g/mol. The van der Waals surface area contributed by atoms with E-state index in [2.05, 4.69) is 6.92 Å². The second-order valence-corrected chi connectivity index (χ2v) is 10.4. The third-order valence-corrected chi connectivity index (χ3v) is 6.94. The Balaban J connectivity index is 1.86. The van der Waals surface area contributed by atoms with E-state index in [1.54, 1.807) is 14.2 Å². The zero-order valence-electron chi connectivity index (χ0n) is 18.8. The highest BCUT2D eigenvalue weighted by atomic mass is 32.2. The standard InChI is InChI=1S/C20H34N2O6S/c1-10-11-13-14(27-20(7,24-9)19(5,6)26-13)12-15(25-11)29-16(21-12)22(8)17(23)28-18(2,3)4/h11-15H,10H2,1-9H3/t11-,12-,13-,14-,15-,20+/m1/s1. The molecule has 0 aromatic rings. The Morgan fingerprint density at radius 2 is 1.90 bits per heavy atom. The lowest BCUT2D eigenvalue weighted by molar-refractivity contribution is -0.403. The van der Waals surface area contributed by atoms with Crippen LogP contribution in [-0.4, -0.2) is 77.1 Å². The van der Waals surface area contributed by atoms with E-state index in [0.717, 1.165) is 6.42 Å². The number of carbonyl (C=O) groups excluding carboxylic acids is 1. The Morgan fingerprint density at radius 3 is 2.45 bits per heavy atom. The molecule has 1 amide bonds. The van der Waals surface area contributed by atoms with E-state index in [9.17, 15) is 4.79 Å². The molecule has 0 N–H and O–H groups in total. The van der Waals surface area contributed by atoms with Gasteiger partial charge in [-0.25, -0.2) is 4.79 Å². The molecular weight excluding hydrogens is 396 g/mol. The second kappa shape index (κ2) is 7.67. The number of nitrogens with zero attached hydrogens (tertiary/aromatic N) is 2. The summed E-state index contributed by atoms with van der Waals surface area (Å²) in [6, 6.07) is -0.307. The SMILES string of the molecule is CC[C@H]1O[C@@H]2SC(N(C)C(=O)OC(C)(C)C)=N[C@@H]2[C@H]2O[C@](C)(OC)C(C)(C)O[C@@H]21. The molecule has 8 nitrogen and oxygen atoms in total. The van der Waals surface area contributed by atoms with Crippen LogP contribution < -0.4 is 0 Å². The monoisotopic (exact) mass is 430 g/mol. The molecule has 166 valence electrons. The van der Waals surface area contributed by atoms with Gasteiger partial charge in [0.1, 0.15) is 34.9 Å². The Morgan fingerprint density at radius 1 is 1.24 bits per heavy atom. The minimum absolute atomic E-state index is 0.129. The van der Waals surface area contributed by atoms with E-state index in [1.807, 2.05) is 41.5 Å². The molecule has 0 spiro atoms. The summed E-state index contributed by atoms with van der Waals surface area (Å²) < 4.78 is 30.4. The third kappa shape index (κ3) is 4.17. The van der Waals surface area contributed by atoms with Crippen LogP contribution in [0.25, 0.3) is 0 Å². The Labute approximate surface area is 177 Å². The normalized spacial score (nSPS) is 38.7. The summed E-state index contributed by atoms with van der Waals surface area (Å²) in [5, 5.41) is 0.553.